The molecule has 1 aromatic heterocycles. The van der Waals surface area contributed by atoms with E-state index in [2.05, 4.69) is 10.4 Å². The van der Waals surface area contributed by atoms with Crippen LogP contribution in [0.4, 0.5) is 8.78 Å². The summed E-state index contributed by atoms with van der Waals surface area (Å²) in [4.78, 5) is 3.94. The van der Waals surface area contributed by atoms with Crippen molar-refractivity contribution < 1.29 is 8.78 Å². The normalized spacial score (nSPS) is 12.7. The van der Waals surface area contributed by atoms with Crippen molar-refractivity contribution >= 4 is 0 Å². The van der Waals surface area contributed by atoms with E-state index in [0.717, 1.165) is 11.8 Å². The molecule has 90 valence electrons. The molecule has 4 nitrogen and oxygen atoms in total. The topological polar surface area (TPSA) is 55.9 Å². The number of nitrogens with zero attached hydrogens (tertiary/aromatic N) is 2. The van der Waals surface area contributed by atoms with Crippen LogP contribution in [0.5, 0.6) is 0 Å². The van der Waals surface area contributed by atoms with Crippen molar-refractivity contribution in [2.45, 2.75) is 6.04 Å². The van der Waals surface area contributed by atoms with Crippen LogP contribution in [0.3, 0.4) is 0 Å². The van der Waals surface area contributed by atoms with E-state index in [1.165, 1.54) is 12.1 Å². The van der Waals surface area contributed by atoms with Gasteiger partial charge in [-0.3, -0.25) is 5.84 Å². The fraction of sp³-hybridized carbons (Fsp3) is 0.182. The number of aromatic nitrogens is 2. The SMILES string of the molecule is Cn1cncc1C(NN)c1cc(F)cc(F)c1. The molecule has 0 saturated heterocycles. The minimum atomic E-state index is -0.637. The molecule has 0 aliphatic heterocycles. The molecule has 0 bridgehead atoms. The Morgan fingerprint density at radius 3 is 2.41 bits per heavy atom. The maximum Gasteiger partial charge on any atom is 0.126 e. The second kappa shape index (κ2) is 4.60. The van der Waals surface area contributed by atoms with Crippen LogP contribution in [0.15, 0.2) is 30.7 Å². The molecule has 0 spiro atoms. The summed E-state index contributed by atoms with van der Waals surface area (Å²) in [6.45, 7) is 0. The van der Waals surface area contributed by atoms with E-state index in [-0.39, 0.29) is 0 Å². The molecule has 17 heavy (non-hydrogen) atoms. The smallest absolute Gasteiger partial charge is 0.126 e. The van der Waals surface area contributed by atoms with Crippen LogP contribution in [0.2, 0.25) is 0 Å². The molecule has 1 heterocycles. The van der Waals surface area contributed by atoms with Gasteiger partial charge >= 0.3 is 0 Å². The quantitative estimate of drug-likeness (QED) is 0.625. The van der Waals surface area contributed by atoms with Crippen LogP contribution in [0.25, 0.3) is 0 Å². The van der Waals surface area contributed by atoms with E-state index < -0.39 is 17.7 Å². The Kier molecular flexibility index (Phi) is 3.16. The predicted octanol–water partition coefficient (Wildman–Crippen LogP) is 1.25. The third-order valence-electron chi connectivity index (χ3n) is 2.53. The zero-order valence-corrected chi connectivity index (χ0v) is 9.19. The number of aryl methyl sites for hydroxylation is 1. The van der Waals surface area contributed by atoms with Gasteiger partial charge in [-0.25, -0.2) is 19.2 Å². The highest BCUT2D eigenvalue weighted by atomic mass is 19.1. The van der Waals surface area contributed by atoms with Crippen molar-refractivity contribution in [3.63, 3.8) is 0 Å². The molecular formula is C11H12F2N4. The van der Waals surface area contributed by atoms with Gasteiger partial charge in [0.05, 0.1) is 24.3 Å². The second-order valence-corrected chi connectivity index (χ2v) is 3.73. The van der Waals surface area contributed by atoms with E-state index in [0.29, 0.717) is 5.56 Å². The first kappa shape index (κ1) is 11.7. The lowest BCUT2D eigenvalue weighted by molar-refractivity contribution is 0.556. The molecule has 0 radical (unpaired) electrons. The Morgan fingerprint density at radius 1 is 1.29 bits per heavy atom. The average Bonchev–Trinajstić information content (AvgIpc) is 2.65. The molecule has 3 N–H and O–H groups in total. The molecule has 0 fully saturated rings. The Balaban J connectivity index is 2.45. The average molecular weight is 238 g/mol. The summed E-state index contributed by atoms with van der Waals surface area (Å²) in [6, 6.07) is 2.79. The molecule has 0 aliphatic carbocycles. The number of hydrogen-bond donors (Lipinski definition) is 2. The fourth-order valence-electron chi connectivity index (χ4n) is 1.74. The van der Waals surface area contributed by atoms with Gasteiger partial charge < -0.3 is 4.57 Å². The van der Waals surface area contributed by atoms with Crippen molar-refractivity contribution in [2.24, 2.45) is 12.9 Å². The first-order valence-electron chi connectivity index (χ1n) is 5.00. The highest BCUT2D eigenvalue weighted by molar-refractivity contribution is 5.28. The lowest BCUT2D eigenvalue weighted by atomic mass is 10.0. The number of benzene rings is 1. The highest BCUT2D eigenvalue weighted by Gasteiger charge is 2.17. The van der Waals surface area contributed by atoms with E-state index in [1.54, 1.807) is 24.1 Å². The molecule has 2 rings (SSSR count). The third kappa shape index (κ3) is 2.32. The number of hydrazine groups is 1. The zero-order valence-electron chi connectivity index (χ0n) is 9.19. The maximum atomic E-state index is 13.1. The molecule has 2 aromatic rings. The predicted molar refractivity (Wildman–Crippen MR) is 58.7 cm³/mol. The zero-order chi connectivity index (χ0) is 12.4. The van der Waals surface area contributed by atoms with Crippen molar-refractivity contribution in [2.75, 3.05) is 0 Å². The Hall–Kier alpha value is -1.79. The summed E-state index contributed by atoms with van der Waals surface area (Å²) in [5.41, 5.74) is 3.65. The molecule has 1 atom stereocenters. The van der Waals surface area contributed by atoms with Crippen LogP contribution in [0.1, 0.15) is 17.3 Å². The van der Waals surface area contributed by atoms with Gasteiger partial charge in [0.2, 0.25) is 0 Å². The highest BCUT2D eigenvalue weighted by Crippen LogP contribution is 2.22. The van der Waals surface area contributed by atoms with Crippen LogP contribution in [-0.4, -0.2) is 9.55 Å². The van der Waals surface area contributed by atoms with Gasteiger partial charge in [-0.2, -0.15) is 0 Å². The minimum absolute atomic E-state index is 0.411. The minimum Gasteiger partial charge on any atom is -0.336 e. The van der Waals surface area contributed by atoms with Gasteiger partial charge in [-0.1, -0.05) is 0 Å². The maximum absolute atomic E-state index is 13.1. The van der Waals surface area contributed by atoms with Crippen molar-refractivity contribution in [3.05, 3.63) is 53.6 Å². The standard InChI is InChI=1S/C11H12F2N4/c1-17-6-15-5-10(17)11(16-14)7-2-8(12)4-9(13)3-7/h2-6,11,16H,14H2,1H3. The summed E-state index contributed by atoms with van der Waals surface area (Å²) in [7, 11) is 1.78. The number of rotatable bonds is 3. The molecule has 0 amide bonds. The van der Waals surface area contributed by atoms with Crippen LogP contribution < -0.4 is 11.3 Å². The monoisotopic (exact) mass is 238 g/mol. The Morgan fingerprint density at radius 2 is 1.94 bits per heavy atom. The summed E-state index contributed by atoms with van der Waals surface area (Å²) < 4.78 is 28.0. The van der Waals surface area contributed by atoms with Gasteiger partial charge in [0.1, 0.15) is 11.6 Å². The van der Waals surface area contributed by atoms with E-state index in [1.807, 2.05) is 0 Å². The van der Waals surface area contributed by atoms with Crippen LogP contribution in [0, 0.1) is 11.6 Å². The van der Waals surface area contributed by atoms with E-state index in [4.69, 9.17) is 5.84 Å². The second-order valence-electron chi connectivity index (χ2n) is 3.73. The van der Waals surface area contributed by atoms with Gasteiger partial charge in [-0.05, 0) is 17.7 Å². The lowest BCUT2D eigenvalue weighted by Gasteiger charge is -2.17. The number of nitrogens with one attached hydrogen (secondary N) is 1. The molecule has 1 unspecified atom stereocenters. The molecule has 0 aliphatic rings. The van der Waals surface area contributed by atoms with Gasteiger partial charge in [0.15, 0.2) is 0 Å². The number of nitrogens with two attached hydrogens (primary N) is 1. The Bertz CT molecular complexity index is 504. The fourth-order valence-corrected chi connectivity index (χ4v) is 1.74. The number of halogens is 2. The van der Waals surface area contributed by atoms with Gasteiger partial charge in [-0.15, -0.1) is 0 Å². The number of hydrogen-bond acceptors (Lipinski definition) is 3. The Labute approximate surface area is 97.0 Å². The van der Waals surface area contributed by atoms with E-state index >= 15 is 0 Å². The van der Waals surface area contributed by atoms with Crippen molar-refractivity contribution in [3.8, 4) is 0 Å². The number of imidazole rings is 1. The molecular weight excluding hydrogens is 226 g/mol. The summed E-state index contributed by atoms with van der Waals surface area (Å²) in [5, 5.41) is 0. The summed E-state index contributed by atoms with van der Waals surface area (Å²) in [6.07, 6.45) is 3.18. The molecule has 0 saturated carbocycles. The van der Waals surface area contributed by atoms with Gasteiger partial charge in [0, 0.05) is 13.1 Å². The van der Waals surface area contributed by atoms with E-state index in [9.17, 15) is 8.78 Å². The van der Waals surface area contributed by atoms with Crippen LogP contribution in [-0.2, 0) is 7.05 Å². The van der Waals surface area contributed by atoms with Gasteiger partial charge in [0.25, 0.3) is 0 Å². The molecule has 1 aromatic carbocycles. The molecule has 6 heteroatoms. The lowest BCUT2D eigenvalue weighted by Crippen LogP contribution is -2.30. The van der Waals surface area contributed by atoms with Crippen molar-refractivity contribution in [1.82, 2.24) is 15.0 Å². The van der Waals surface area contributed by atoms with Crippen LogP contribution >= 0.6 is 0 Å². The largest absolute Gasteiger partial charge is 0.336 e. The van der Waals surface area contributed by atoms with Crippen molar-refractivity contribution in [1.29, 1.82) is 0 Å². The third-order valence-corrected chi connectivity index (χ3v) is 2.53. The summed E-state index contributed by atoms with van der Waals surface area (Å²) in [5.74, 6) is 4.16. The summed E-state index contributed by atoms with van der Waals surface area (Å²) >= 11 is 0. The first-order valence-corrected chi connectivity index (χ1v) is 5.00. The first-order chi connectivity index (χ1) is 8.11.